The zero-order valence-electron chi connectivity index (χ0n) is 18.8. The largest absolute Gasteiger partial charge is 0.495 e. The van der Waals surface area contributed by atoms with Gasteiger partial charge in [-0.05, 0) is 24.1 Å². The lowest BCUT2D eigenvalue weighted by molar-refractivity contribution is -0.118. The van der Waals surface area contributed by atoms with Crippen LogP contribution in [0, 0.1) is 5.92 Å². The normalized spacial score (nSPS) is 12.1. The molecule has 1 atom stereocenters. The summed E-state index contributed by atoms with van der Waals surface area (Å²) in [5, 5.41) is 2.61. The van der Waals surface area contributed by atoms with Crippen molar-refractivity contribution in [1.29, 1.82) is 0 Å². The van der Waals surface area contributed by atoms with Gasteiger partial charge in [0.05, 0.1) is 40.2 Å². The fourth-order valence-electron chi connectivity index (χ4n) is 2.74. The lowest BCUT2D eigenvalue weighted by Crippen LogP contribution is -2.39. The Bertz CT molecular complexity index is 1040. The maximum atomic E-state index is 12.9. The second-order valence-electron chi connectivity index (χ2n) is 7.02. The predicted molar refractivity (Wildman–Crippen MR) is 118 cm³/mol. The topological polar surface area (TPSA) is 135 Å². The summed E-state index contributed by atoms with van der Waals surface area (Å²) in [5.41, 5.74) is 6.02. The van der Waals surface area contributed by atoms with Crippen molar-refractivity contribution >= 4 is 21.7 Å². The fraction of sp³-hybridized carbons (Fsp3) is 0.381. The van der Waals surface area contributed by atoms with Crippen molar-refractivity contribution in [2.24, 2.45) is 11.7 Å². The number of amides is 1. The third kappa shape index (κ3) is 5.54. The Morgan fingerprint density at radius 1 is 0.906 bits per heavy atom. The summed E-state index contributed by atoms with van der Waals surface area (Å²) in [4.78, 5) is 12.2. The molecule has 1 amide bonds. The first-order chi connectivity index (χ1) is 15.1. The molecular formula is C21H28N2O8S. The number of hydrogen-bond donors (Lipinski definition) is 2. The van der Waals surface area contributed by atoms with Gasteiger partial charge in [0.2, 0.25) is 11.7 Å². The SMILES string of the molecule is COc1ccc(S(=O)(=O)Oc2cc(OC)c(OC)c(OC)c2)cc1NC(=O)C(N)C(C)C. The Balaban J connectivity index is 2.42. The zero-order chi connectivity index (χ0) is 24.1. The first kappa shape index (κ1) is 25.1. The van der Waals surface area contributed by atoms with Crippen LogP contribution in [0.4, 0.5) is 5.69 Å². The van der Waals surface area contributed by atoms with E-state index in [-0.39, 0.29) is 45.2 Å². The van der Waals surface area contributed by atoms with E-state index in [4.69, 9.17) is 28.9 Å². The van der Waals surface area contributed by atoms with Crippen LogP contribution in [0.5, 0.6) is 28.7 Å². The van der Waals surface area contributed by atoms with Gasteiger partial charge in [0.15, 0.2) is 17.2 Å². The Labute approximate surface area is 187 Å². The third-order valence-corrected chi connectivity index (χ3v) is 5.83. The van der Waals surface area contributed by atoms with E-state index in [9.17, 15) is 13.2 Å². The lowest BCUT2D eigenvalue weighted by Gasteiger charge is -2.18. The molecule has 0 heterocycles. The van der Waals surface area contributed by atoms with Gasteiger partial charge in [0, 0.05) is 12.1 Å². The van der Waals surface area contributed by atoms with Gasteiger partial charge in [-0.3, -0.25) is 4.79 Å². The molecule has 0 fully saturated rings. The maximum absolute atomic E-state index is 12.9. The highest BCUT2D eigenvalue weighted by atomic mass is 32.2. The quantitative estimate of drug-likeness (QED) is 0.504. The first-order valence-electron chi connectivity index (χ1n) is 9.56. The minimum absolute atomic E-state index is 0.0530. The van der Waals surface area contributed by atoms with Crippen LogP contribution >= 0.6 is 0 Å². The number of benzene rings is 2. The van der Waals surface area contributed by atoms with E-state index in [1.54, 1.807) is 13.8 Å². The second-order valence-corrected chi connectivity index (χ2v) is 8.57. The maximum Gasteiger partial charge on any atom is 0.339 e. The monoisotopic (exact) mass is 468 g/mol. The Kier molecular flexibility index (Phi) is 8.17. The van der Waals surface area contributed by atoms with Crippen molar-refractivity contribution in [3.05, 3.63) is 30.3 Å². The second kappa shape index (κ2) is 10.4. The number of hydrogen-bond acceptors (Lipinski definition) is 9. The number of carbonyl (C=O) groups excluding carboxylic acids is 1. The minimum Gasteiger partial charge on any atom is -0.495 e. The summed E-state index contributed by atoms with van der Waals surface area (Å²) in [6.07, 6.45) is 0. The van der Waals surface area contributed by atoms with Crippen LogP contribution in [0.1, 0.15) is 13.8 Å². The molecule has 1 unspecified atom stereocenters. The van der Waals surface area contributed by atoms with Crippen LogP contribution in [-0.2, 0) is 14.9 Å². The van der Waals surface area contributed by atoms with Crippen LogP contribution in [-0.4, -0.2) is 48.8 Å². The predicted octanol–water partition coefficient (Wildman–Crippen LogP) is 2.41. The summed E-state index contributed by atoms with van der Waals surface area (Å²) < 4.78 is 52.0. The number of carbonyl (C=O) groups is 1. The summed E-state index contributed by atoms with van der Waals surface area (Å²) in [6.45, 7) is 3.60. The number of rotatable bonds is 10. The molecule has 11 heteroatoms. The van der Waals surface area contributed by atoms with Crippen molar-refractivity contribution in [3.63, 3.8) is 0 Å². The highest BCUT2D eigenvalue weighted by Gasteiger charge is 2.24. The summed E-state index contributed by atoms with van der Waals surface area (Å²) in [6, 6.07) is 5.86. The van der Waals surface area contributed by atoms with Crippen molar-refractivity contribution < 1.29 is 36.3 Å². The molecule has 0 aliphatic rings. The van der Waals surface area contributed by atoms with Crippen LogP contribution in [0.25, 0.3) is 0 Å². The van der Waals surface area contributed by atoms with Crippen LogP contribution in [0.15, 0.2) is 35.2 Å². The standard InChI is InChI=1S/C21H28N2O8S/c1-12(2)19(22)21(24)23-15-11-14(7-8-16(15)27-3)32(25,26)31-13-9-17(28-4)20(30-6)18(10-13)29-5/h7-12,19H,22H2,1-6H3,(H,23,24). The lowest BCUT2D eigenvalue weighted by atomic mass is 10.0. The van der Waals surface area contributed by atoms with Gasteiger partial charge >= 0.3 is 10.1 Å². The highest BCUT2D eigenvalue weighted by molar-refractivity contribution is 7.87. The van der Waals surface area contributed by atoms with Gasteiger partial charge in [0.1, 0.15) is 10.6 Å². The molecule has 0 saturated heterocycles. The number of nitrogens with one attached hydrogen (secondary N) is 1. The number of anilines is 1. The van der Waals surface area contributed by atoms with E-state index in [1.165, 1.54) is 58.8 Å². The molecular weight excluding hydrogens is 440 g/mol. The molecule has 3 N–H and O–H groups in total. The summed E-state index contributed by atoms with van der Waals surface area (Å²) in [5.74, 6) is 0.360. The van der Waals surface area contributed by atoms with Gasteiger partial charge in [-0.15, -0.1) is 0 Å². The van der Waals surface area contributed by atoms with E-state index in [0.717, 1.165) is 0 Å². The van der Waals surface area contributed by atoms with E-state index in [1.807, 2.05) is 0 Å². The summed E-state index contributed by atoms with van der Waals surface area (Å²) in [7, 11) is 1.33. The van der Waals surface area contributed by atoms with E-state index >= 15 is 0 Å². The van der Waals surface area contributed by atoms with Crippen LogP contribution in [0.2, 0.25) is 0 Å². The number of nitrogens with two attached hydrogens (primary N) is 1. The third-order valence-electron chi connectivity index (χ3n) is 4.58. The van der Waals surface area contributed by atoms with Crippen molar-refractivity contribution in [1.82, 2.24) is 0 Å². The molecule has 0 saturated carbocycles. The van der Waals surface area contributed by atoms with Gasteiger partial charge in [-0.2, -0.15) is 8.42 Å². The highest BCUT2D eigenvalue weighted by Crippen LogP contribution is 2.41. The molecule has 2 rings (SSSR count). The molecule has 0 spiro atoms. The first-order valence-corrected chi connectivity index (χ1v) is 11.0. The van der Waals surface area contributed by atoms with Crippen molar-refractivity contribution in [2.45, 2.75) is 24.8 Å². The molecule has 2 aromatic rings. The molecule has 2 aromatic carbocycles. The zero-order valence-corrected chi connectivity index (χ0v) is 19.6. The molecule has 32 heavy (non-hydrogen) atoms. The van der Waals surface area contributed by atoms with Gasteiger partial charge < -0.3 is 34.2 Å². The Morgan fingerprint density at radius 2 is 1.47 bits per heavy atom. The molecule has 10 nitrogen and oxygen atoms in total. The summed E-state index contributed by atoms with van der Waals surface area (Å²) >= 11 is 0. The number of methoxy groups -OCH3 is 4. The molecule has 0 aliphatic carbocycles. The van der Waals surface area contributed by atoms with E-state index < -0.39 is 22.1 Å². The Morgan fingerprint density at radius 3 is 1.94 bits per heavy atom. The molecule has 0 aliphatic heterocycles. The Hall–Kier alpha value is -3.18. The van der Waals surface area contributed by atoms with Gasteiger partial charge in [0.25, 0.3) is 0 Å². The van der Waals surface area contributed by atoms with Gasteiger partial charge in [-0.25, -0.2) is 0 Å². The number of ether oxygens (including phenoxy) is 4. The van der Waals surface area contributed by atoms with Crippen molar-refractivity contribution in [3.8, 4) is 28.7 Å². The minimum atomic E-state index is -4.29. The van der Waals surface area contributed by atoms with Crippen LogP contribution in [0.3, 0.4) is 0 Å². The average molecular weight is 469 g/mol. The fourth-order valence-corrected chi connectivity index (χ4v) is 3.68. The van der Waals surface area contributed by atoms with E-state index in [2.05, 4.69) is 5.32 Å². The van der Waals surface area contributed by atoms with Crippen molar-refractivity contribution in [2.75, 3.05) is 33.8 Å². The average Bonchev–Trinajstić information content (AvgIpc) is 2.77. The smallest absolute Gasteiger partial charge is 0.339 e. The van der Waals surface area contributed by atoms with E-state index in [0.29, 0.717) is 0 Å². The van der Waals surface area contributed by atoms with Crippen LogP contribution < -0.4 is 34.2 Å². The molecule has 0 radical (unpaired) electrons. The molecule has 0 bridgehead atoms. The molecule has 176 valence electrons. The van der Waals surface area contributed by atoms with Gasteiger partial charge in [-0.1, -0.05) is 13.8 Å². The molecule has 0 aromatic heterocycles.